The molecular formula is C6H18N5P. The molecule has 0 saturated carbocycles. The van der Waals surface area contributed by atoms with E-state index in [4.69, 9.17) is 10.6 Å². The molecule has 0 radical (unpaired) electrons. The lowest BCUT2D eigenvalue weighted by Gasteiger charge is -2.39. The maximum atomic E-state index is 8.17. The van der Waals surface area contributed by atoms with Gasteiger partial charge >= 0.3 is 0 Å². The van der Waals surface area contributed by atoms with Crippen LogP contribution in [0.2, 0.25) is 0 Å². The Kier molecular flexibility index (Phi) is 3.90. The first-order chi connectivity index (χ1) is 5.37. The molecule has 72 valence electrons. The van der Waals surface area contributed by atoms with Crippen molar-refractivity contribution in [3.63, 3.8) is 0 Å². The molecule has 0 spiro atoms. The van der Waals surface area contributed by atoms with E-state index in [9.17, 15) is 0 Å². The second-order valence-corrected chi connectivity index (χ2v) is 6.33. The zero-order valence-electron chi connectivity index (χ0n) is 8.37. The molecule has 0 amide bonds. The first-order valence-corrected chi connectivity index (χ1v) is 5.25. The molecule has 0 rings (SSSR count). The molecule has 6 heteroatoms. The maximum absolute atomic E-state index is 8.17. The molecule has 0 aliphatic rings. The molecule has 0 fully saturated rings. The molecule has 0 heterocycles. The number of hydrogen-bond donors (Lipinski definition) is 2. The minimum atomic E-state index is -2.20. The molecule has 0 aromatic heterocycles. The monoisotopic (exact) mass is 191 g/mol. The standard InChI is InChI=1S/C6H18N5P/c1-9(2)12(8,10(3)4)11(5)6-7/h6-8H,1-5H3. The van der Waals surface area contributed by atoms with Gasteiger partial charge in [-0.1, -0.05) is 0 Å². The molecule has 0 bridgehead atoms. The van der Waals surface area contributed by atoms with E-state index in [1.165, 1.54) is 6.34 Å². The average Bonchev–Trinajstić information content (AvgIpc) is 2.00. The summed E-state index contributed by atoms with van der Waals surface area (Å²) in [6.07, 6.45) is 1.20. The highest BCUT2D eigenvalue weighted by Gasteiger charge is 2.26. The van der Waals surface area contributed by atoms with E-state index >= 15 is 0 Å². The third kappa shape index (κ3) is 1.86. The normalized spacial score (nSPS) is 12.2. The summed E-state index contributed by atoms with van der Waals surface area (Å²) in [6, 6.07) is 0. The second-order valence-electron chi connectivity index (χ2n) is 2.97. The van der Waals surface area contributed by atoms with Gasteiger partial charge in [-0.3, -0.25) is 10.6 Å². The number of hydrogen-bond acceptors (Lipinski definition) is 2. The van der Waals surface area contributed by atoms with Gasteiger partial charge in [0, 0.05) is 7.05 Å². The van der Waals surface area contributed by atoms with Crippen molar-refractivity contribution in [3.8, 4) is 0 Å². The van der Waals surface area contributed by atoms with Gasteiger partial charge in [0.2, 0.25) is 0 Å². The summed E-state index contributed by atoms with van der Waals surface area (Å²) < 4.78 is 5.32. The fourth-order valence-electron chi connectivity index (χ4n) is 1.00. The Morgan fingerprint density at radius 1 is 1.00 bits per heavy atom. The van der Waals surface area contributed by atoms with Crippen molar-refractivity contribution < 1.29 is 0 Å². The lowest BCUT2D eigenvalue weighted by atomic mass is 11.2. The highest BCUT2D eigenvalue weighted by Crippen LogP contribution is 2.51. The van der Waals surface area contributed by atoms with Gasteiger partial charge in [-0.15, -0.1) is 0 Å². The Balaban J connectivity index is 4.87. The molecule has 0 atom stereocenters. The van der Waals surface area contributed by atoms with E-state index in [2.05, 4.69) is 0 Å². The van der Waals surface area contributed by atoms with E-state index in [0.29, 0.717) is 0 Å². The largest absolute Gasteiger partial charge is 0.309 e. The van der Waals surface area contributed by atoms with Crippen LogP contribution < -0.4 is 0 Å². The molecule has 2 N–H and O–H groups in total. The van der Waals surface area contributed by atoms with Gasteiger partial charge in [0.1, 0.15) is 0 Å². The SMILES string of the molecule is CN(C)P(=N)(N(C)C)N(C)C=N. The van der Waals surface area contributed by atoms with Crippen LogP contribution in [-0.2, 0) is 0 Å². The van der Waals surface area contributed by atoms with E-state index in [1.54, 1.807) is 11.7 Å². The van der Waals surface area contributed by atoms with Crippen LogP contribution in [-0.4, -0.2) is 55.6 Å². The van der Waals surface area contributed by atoms with Gasteiger partial charge in [0.15, 0.2) is 7.51 Å². The van der Waals surface area contributed by atoms with Crippen LogP contribution in [0.25, 0.3) is 0 Å². The summed E-state index contributed by atoms with van der Waals surface area (Å²) in [5.74, 6) is 0. The van der Waals surface area contributed by atoms with Crippen molar-refractivity contribution in [1.29, 1.82) is 10.6 Å². The van der Waals surface area contributed by atoms with E-state index in [1.807, 2.05) is 37.5 Å². The van der Waals surface area contributed by atoms with E-state index in [0.717, 1.165) is 0 Å². The predicted octanol–water partition coefficient (Wildman–Crippen LogP) is 1.17. The minimum Gasteiger partial charge on any atom is -0.309 e. The summed E-state index contributed by atoms with van der Waals surface area (Å²) in [6.45, 7) is 0. The minimum absolute atomic E-state index is 1.20. The Morgan fingerprint density at radius 3 is 1.42 bits per heavy atom. The molecule has 0 aromatic carbocycles. The van der Waals surface area contributed by atoms with Crippen LogP contribution in [0.1, 0.15) is 0 Å². The smallest absolute Gasteiger partial charge is 0.189 e. The van der Waals surface area contributed by atoms with Crippen LogP contribution in [0.4, 0.5) is 0 Å². The highest BCUT2D eigenvalue weighted by molar-refractivity contribution is 7.58. The molecule has 12 heavy (non-hydrogen) atoms. The van der Waals surface area contributed by atoms with Gasteiger partial charge in [0.05, 0.1) is 6.34 Å². The Bertz CT molecular complexity index is 188. The molecule has 0 aliphatic heterocycles. The molecule has 0 unspecified atom stereocenters. The van der Waals surface area contributed by atoms with Gasteiger partial charge < -0.3 is 4.67 Å². The zero-order valence-corrected chi connectivity index (χ0v) is 9.26. The van der Waals surface area contributed by atoms with Crippen molar-refractivity contribution in [2.75, 3.05) is 35.2 Å². The number of nitrogens with one attached hydrogen (secondary N) is 2. The third-order valence-corrected chi connectivity index (χ3v) is 4.97. The van der Waals surface area contributed by atoms with Gasteiger partial charge in [0.25, 0.3) is 0 Å². The first kappa shape index (κ1) is 11.6. The predicted molar refractivity (Wildman–Crippen MR) is 53.6 cm³/mol. The molecule has 0 saturated heterocycles. The van der Waals surface area contributed by atoms with Crippen molar-refractivity contribution in [2.45, 2.75) is 0 Å². The third-order valence-electron chi connectivity index (χ3n) is 1.74. The topological polar surface area (TPSA) is 57.4 Å². The molecular weight excluding hydrogens is 173 g/mol. The summed E-state index contributed by atoms with van der Waals surface area (Å²) >= 11 is 0. The molecule has 0 aromatic rings. The molecule has 0 aliphatic carbocycles. The average molecular weight is 191 g/mol. The lowest BCUT2D eigenvalue weighted by molar-refractivity contribution is 0.504. The summed E-state index contributed by atoms with van der Waals surface area (Å²) in [5, 5.41) is 15.3. The Labute approximate surface area is 74.5 Å². The first-order valence-electron chi connectivity index (χ1n) is 3.61. The quantitative estimate of drug-likeness (QED) is 0.398. The lowest BCUT2D eigenvalue weighted by Crippen LogP contribution is -2.31. The second kappa shape index (κ2) is 4.03. The van der Waals surface area contributed by atoms with Crippen molar-refractivity contribution in [3.05, 3.63) is 0 Å². The number of nitrogens with zero attached hydrogens (tertiary/aromatic N) is 3. The summed E-state index contributed by atoms with van der Waals surface area (Å²) in [7, 11) is 7.01. The van der Waals surface area contributed by atoms with Crippen molar-refractivity contribution in [2.24, 2.45) is 0 Å². The highest BCUT2D eigenvalue weighted by atomic mass is 31.2. The Hall–Kier alpha value is -0.380. The van der Waals surface area contributed by atoms with Crippen LogP contribution in [0, 0.1) is 10.6 Å². The van der Waals surface area contributed by atoms with Crippen molar-refractivity contribution >= 4 is 13.8 Å². The van der Waals surface area contributed by atoms with Gasteiger partial charge in [-0.25, -0.2) is 9.34 Å². The van der Waals surface area contributed by atoms with Crippen LogP contribution in [0.5, 0.6) is 0 Å². The Morgan fingerprint density at radius 2 is 1.33 bits per heavy atom. The van der Waals surface area contributed by atoms with Gasteiger partial charge in [-0.05, 0) is 28.2 Å². The van der Waals surface area contributed by atoms with Crippen LogP contribution >= 0.6 is 7.51 Å². The van der Waals surface area contributed by atoms with Crippen molar-refractivity contribution in [1.82, 2.24) is 14.0 Å². The fourth-order valence-corrected chi connectivity index (χ4v) is 3.01. The number of rotatable bonds is 4. The van der Waals surface area contributed by atoms with Crippen LogP contribution in [0.3, 0.4) is 0 Å². The zero-order chi connectivity index (χ0) is 9.94. The van der Waals surface area contributed by atoms with Gasteiger partial charge in [-0.2, -0.15) is 0 Å². The van der Waals surface area contributed by atoms with E-state index < -0.39 is 7.51 Å². The van der Waals surface area contributed by atoms with E-state index in [-0.39, 0.29) is 0 Å². The van der Waals surface area contributed by atoms with Crippen LogP contribution in [0.15, 0.2) is 0 Å². The summed E-state index contributed by atoms with van der Waals surface area (Å²) in [5.41, 5.74) is 0. The fraction of sp³-hybridized carbons (Fsp3) is 0.833. The molecule has 5 nitrogen and oxygen atoms in total. The summed E-state index contributed by atoms with van der Waals surface area (Å²) in [4.78, 5) is 0. The maximum Gasteiger partial charge on any atom is 0.189 e.